The SMILES string of the molecule is CCc1ccc(C2=NNC(=Nc3cccc(Cl)c3)SC2)s1. The lowest BCUT2D eigenvalue weighted by atomic mass is 10.3. The maximum absolute atomic E-state index is 5.96. The normalized spacial score (nSPS) is 16.7. The minimum Gasteiger partial charge on any atom is -0.255 e. The molecule has 0 saturated heterocycles. The van der Waals surface area contributed by atoms with Gasteiger partial charge in [-0.15, -0.1) is 11.3 Å². The Morgan fingerprint density at radius 1 is 1.33 bits per heavy atom. The van der Waals surface area contributed by atoms with Gasteiger partial charge in [0.25, 0.3) is 0 Å². The quantitative estimate of drug-likeness (QED) is 0.883. The first kappa shape index (κ1) is 14.6. The third-order valence-electron chi connectivity index (χ3n) is 2.97. The molecule has 108 valence electrons. The summed E-state index contributed by atoms with van der Waals surface area (Å²) in [5.74, 6) is 0.829. The van der Waals surface area contributed by atoms with Crippen LogP contribution in [0.1, 0.15) is 16.7 Å². The van der Waals surface area contributed by atoms with Crippen molar-refractivity contribution in [3.8, 4) is 0 Å². The lowest BCUT2D eigenvalue weighted by Gasteiger charge is -2.13. The minimum atomic E-state index is 0.688. The number of rotatable bonds is 3. The number of thioether (sulfide) groups is 1. The van der Waals surface area contributed by atoms with E-state index in [1.165, 1.54) is 9.75 Å². The van der Waals surface area contributed by atoms with Gasteiger partial charge in [-0.3, -0.25) is 5.43 Å². The number of aliphatic imine (C=N–C) groups is 1. The Bertz CT molecular complexity index is 706. The van der Waals surface area contributed by atoms with E-state index in [1.807, 2.05) is 24.3 Å². The largest absolute Gasteiger partial charge is 0.255 e. The van der Waals surface area contributed by atoms with Gasteiger partial charge < -0.3 is 0 Å². The van der Waals surface area contributed by atoms with Crippen molar-refractivity contribution >= 4 is 51.3 Å². The third kappa shape index (κ3) is 3.67. The maximum atomic E-state index is 5.96. The molecule has 21 heavy (non-hydrogen) atoms. The number of nitrogens with zero attached hydrogens (tertiary/aromatic N) is 2. The lowest BCUT2D eigenvalue weighted by molar-refractivity contribution is 1.04. The second kappa shape index (κ2) is 6.64. The predicted octanol–water partition coefficient (Wildman–Crippen LogP) is 4.69. The zero-order valence-electron chi connectivity index (χ0n) is 11.5. The van der Waals surface area contributed by atoms with Crippen molar-refractivity contribution < 1.29 is 0 Å². The number of thiophene rings is 1. The summed E-state index contributed by atoms with van der Waals surface area (Å²) in [5.41, 5.74) is 4.94. The van der Waals surface area contributed by atoms with Gasteiger partial charge in [0.2, 0.25) is 0 Å². The Kier molecular flexibility index (Phi) is 4.63. The van der Waals surface area contributed by atoms with Gasteiger partial charge in [-0.25, -0.2) is 4.99 Å². The fraction of sp³-hybridized carbons (Fsp3) is 0.200. The molecule has 1 aromatic carbocycles. The second-order valence-electron chi connectivity index (χ2n) is 4.48. The summed E-state index contributed by atoms with van der Waals surface area (Å²) in [6.07, 6.45) is 1.07. The van der Waals surface area contributed by atoms with Gasteiger partial charge in [-0.2, -0.15) is 5.10 Å². The van der Waals surface area contributed by atoms with Gasteiger partial charge in [0.1, 0.15) is 0 Å². The van der Waals surface area contributed by atoms with Gasteiger partial charge in [0.05, 0.1) is 16.3 Å². The maximum Gasteiger partial charge on any atom is 0.182 e. The number of aryl methyl sites for hydroxylation is 1. The van der Waals surface area contributed by atoms with Crippen LogP contribution in [0.5, 0.6) is 0 Å². The zero-order chi connectivity index (χ0) is 14.7. The van der Waals surface area contributed by atoms with Crippen molar-refractivity contribution in [3.05, 3.63) is 51.2 Å². The minimum absolute atomic E-state index is 0.688. The monoisotopic (exact) mass is 335 g/mol. The molecule has 0 fully saturated rings. The van der Waals surface area contributed by atoms with Crippen LogP contribution in [0.3, 0.4) is 0 Å². The highest BCUT2D eigenvalue weighted by molar-refractivity contribution is 8.14. The topological polar surface area (TPSA) is 36.8 Å². The molecular formula is C15H14ClN3S2. The summed E-state index contributed by atoms with van der Waals surface area (Å²) in [6, 6.07) is 11.8. The first-order chi connectivity index (χ1) is 10.2. The highest BCUT2D eigenvalue weighted by Crippen LogP contribution is 2.24. The Morgan fingerprint density at radius 2 is 2.24 bits per heavy atom. The number of hydrogen-bond acceptors (Lipinski definition) is 4. The van der Waals surface area contributed by atoms with Gasteiger partial charge in [-0.1, -0.05) is 36.4 Å². The number of hydrogen-bond donors (Lipinski definition) is 1. The summed E-state index contributed by atoms with van der Waals surface area (Å²) in [6.45, 7) is 2.17. The standard InChI is InChI=1S/C15H14ClN3S2/c1-2-12-6-7-14(21-12)13-9-20-15(19-18-13)17-11-5-3-4-10(16)8-11/h3-8H,2,9H2,1H3,(H,17,19). The fourth-order valence-electron chi connectivity index (χ4n) is 1.89. The van der Waals surface area contributed by atoms with E-state index in [9.17, 15) is 0 Å². The van der Waals surface area contributed by atoms with Gasteiger partial charge >= 0.3 is 0 Å². The number of hydrazone groups is 1. The summed E-state index contributed by atoms with van der Waals surface area (Å²) >= 11 is 9.42. The molecule has 1 aromatic heterocycles. The smallest absolute Gasteiger partial charge is 0.182 e. The van der Waals surface area contributed by atoms with Crippen LogP contribution < -0.4 is 5.43 Å². The molecule has 3 rings (SSSR count). The molecule has 0 saturated carbocycles. The second-order valence-corrected chi connectivity index (χ2v) is 7.04. The molecule has 2 aromatic rings. The number of benzene rings is 1. The molecule has 0 unspecified atom stereocenters. The Balaban J connectivity index is 1.74. The van der Waals surface area contributed by atoms with E-state index in [0.717, 1.165) is 28.7 Å². The van der Waals surface area contributed by atoms with Crippen LogP contribution in [0.4, 0.5) is 5.69 Å². The average molecular weight is 336 g/mol. The Morgan fingerprint density at radius 3 is 2.90 bits per heavy atom. The summed E-state index contributed by atoms with van der Waals surface area (Å²) in [4.78, 5) is 7.12. The van der Waals surface area contributed by atoms with Gasteiger partial charge in [0, 0.05) is 15.7 Å². The van der Waals surface area contributed by atoms with Crippen molar-refractivity contribution in [3.63, 3.8) is 0 Å². The van der Waals surface area contributed by atoms with E-state index in [1.54, 1.807) is 23.1 Å². The molecule has 1 aliphatic heterocycles. The Labute approximate surface area is 137 Å². The van der Waals surface area contributed by atoms with E-state index in [-0.39, 0.29) is 0 Å². The predicted molar refractivity (Wildman–Crippen MR) is 94.4 cm³/mol. The molecule has 2 heterocycles. The molecular weight excluding hydrogens is 322 g/mol. The zero-order valence-corrected chi connectivity index (χ0v) is 13.9. The molecule has 3 nitrogen and oxygen atoms in total. The number of halogens is 1. The van der Waals surface area contributed by atoms with Gasteiger partial charge in [0.15, 0.2) is 5.17 Å². The Hall–Kier alpha value is -1.30. The number of nitrogens with one attached hydrogen (secondary N) is 1. The highest BCUT2D eigenvalue weighted by Gasteiger charge is 2.14. The first-order valence-corrected chi connectivity index (χ1v) is 8.81. The average Bonchev–Trinajstić information content (AvgIpc) is 2.97. The molecule has 0 radical (unpaired) electrons. The van der Waals surface area contributed by atoms with E-state index < -0.39 is 0 Å². The fourth-order valence-corrected chi connectivity index (χ4v) is 3.87. The molecule has 0 amide bonds. The van der Waals surface area contributed by atoms with Crippen LogP contribution in [0.25, 0.3) is 0 Å². The van der Waals surface area contributed by atoms with Crippen molar-refractivity contribution in [2.75, 3.05) is 5.75 Å². The van der Waals surface area contributed by atoms with Crippen LogP contribution in [0.2, 0.25) is 5.02 Å². The van der Waals surface area contributed by atoms with Crippen LogP contribution in [0.15, 0.2) is 46.5 Å². The molecule has 1 N–H and O–H groups in total. The van der Waals surface area contributed by atoms with Crippen LogP contribution >= 0.6 is 34.7 Å². The highest BCUT2D eigenvalue weighted by atomic mass is 35.5. The van der Waals surface area contributed by atoms with Crippen molar-refractivity contribution in [2.45, 2.75) is 13.3 Å². The van der Waals surface area contributed by atoms with E-state index >= 15 is 0 Å². The van der Waals surface area contributed by atoms with Crippen molar-refractivity contribution in [1.82, 2.24) is 5.43 Å². The van der Waals surface area contributed by atoms with Crippen LogP contribution in [-0.2, 0) is 6.42 Å². The number of amidine groups is 1. The molecule has 0 spiro atoms. The molecule has 0 atom stereocenters. The molecule has 0 aliphatic carbocycles. The van der Waals surface area contributed by atoms with Gasteiger partial charge in [-0.05, 0) is 36.8 Å². The molecule has 6 heteroatoms. The lowest BCUT2D eigenvalue weighted by Crippen LogP contribution is -2.24. The third-order valence-corrected chi connectivity index (χ3v) is 5.35. The van der Waals surface area contributed by atoms with E-state index in [0.29, 0.717) is 5.02 Å². The summed E-state index contributed by atoms with van der Waals surface area (Å²) < 4.78 is 0. The first-order valence-electron chi connectivity index (χ1n) is 6.63. The van der Waals surface area contributed by atoms with E-state index in [4.69, 9.17) is 11.6 Å². The van der Waals surface area contributed by atoms with E-state index in [2.05, 4.69) is 34.6 Å². The summed E-state index contributed by atoms with van der Waals surface area (Å²) in [5, 5.41) is 5.93. The van der Waals surface area contributed by atoms with Crippen molar-refractivity contribution in [1.29, 1.82) is 0 Å². The van der Waals surface area contributed by atoms with Crippen LogP contribution in [0, 0.1) is 0 Å². The van der Waals surface area contributed by atoms with Crippen LogP contribution in [-0.4, -0.2) is 16.6 Å². The molecule has 0 bridgehead atoms. The van der Waals surface area contributed by atoms with Crippen molar-refractivity contribution in [2.24, 2.45) is 10.1 Å². The molecule has 1 aliphatic rings. The summed E-state index contributed by atoms with van der Waals surface area (Å²) in [7, 11) is 0.